The van der Waals surface area contributed by atoms with E-state index < -0.39 is 5.69 Å². The second-order valence-corrected chi connectivity index (χ2v) is 8.44. The van der Waals surface area contributed by atoms with Crippen molar-refractivity contribution in [2.75, 3.05) is 6.54 Å². The fourth-order valence-electron chi connectivity index (χ4n) is 3.70. The van der Waals surface area contributed by atoms with Crippen molar-refractivity contribution in [2.45, 2.75) is 26.8 Å². The van der Waals surface area contributed by atoms with Crippen LogP contribution in [0.4, 0.5) is 0 Å². The van der Waals surface area contributed by atoms with Crippen molar-refractivity contribution in [3.05, 3.63) is 97.5 Å². The van der Waals surface area contributed by atoms with Crippen LogP contribution in [0.25, 0.3) is 15.9 Å². The fourth-order valence-corrected chi connectivity index (χ4v) is 4.52. The number of aromatic nitrogens is 2. The first-order chi connectivity index (χ1) is 15.0. The zero-order chi connectivity index (χ0) is 22.0. The lowest BCUT2D eigenvalue weighted by Crippen LogP contribution is -2.41. The Labute approximate surface area is 183 Å². The molecule has 0 atom stereocenters. The minimum atomic E-state index is -0.513. The monoisotopic (exact) mass is 433 g/mol. The normalized spacial score (nSPS) is 11.0. The van der Waals surface area contributed by atoms with Crippen LogP contribution in [0.2, 0.25) is 0 Å². The molecule has 0 aliphatic carbocycles. The van der Waals surface area contributed by atoms with Crippen LogP contribution in [0.5, 0.6) is 0 Å². The Hall–Kier alpha value is -3.45. The largest absolute Gasteiger partial charge is 0.354 e. The van der Waals surface area contributed by atoms with Crippen molar-refractivity contribution in [1.29, 1.82) is 0 Å². The third-order valence-corrected chi connectivity index (χ3v) is 6.12. The molecule has 0 bridgehead atoms. The standard InChI is InChI=1S/C24H23N3O3S/c1-16-8-9-19(17(2)14-16)27-23(29)22-20(11-13-31-22)26(24(27)30)15-21(28)25-12-10-18-6-4-3-5-7-18/h3-9,11,13-14H,10,12,15H2,1-2H3,(H,25,28). The first-order valence-corrected chi connectivity index (χ1v) is 10.9. The predicted octanol–water partition coefficient (Wildman–Crippen LogP) is 3.19. The Morgan fingerprint density at radius 1 is 1.03 bits per heavy atom. The molecule has 6 nitrogen and oxygen atoms in total. The number of benzene rings is 2. The van der Waals surface area contributed by atoms with Gasteiger partial charge in [0.25, 0.3) is 5.56 Å². The summed E-state index contributed by atoms with van der Waals surface area (Å²) in [5.74, 6) is -0.267. The van der Waals surface area contributed by atoms with Gasteiger partial charge in [-0.05, 0) is 48.9 Å². The van der Waals surface area contributed by atoms with Gasteiger partial charge in [0.2, 0.25) is 5.91 Å². The molecule has 0 aliphatic rings. The second kappa shape index (κ2) is 8.73. The molecule has 0 spiro atoms. The van der Waals surface area contributed by atoms with Gasteiger partial charge in [0, 0.05) is 6.54 Å². The fraction of sp³-hybridized carbons (Fsp3) is 0.208. The van der Waals surface area contributed by atoms with Crippen molar-refractivity contribution >= 4 is 27.5 Å². The van der Waals surface area contributed by atoms with E-state index >= 15 is 0 Å². The molecule has 4 aromatic rings. The summed E-state index contributed by atoms with van der Waals surface area (Å²) >= 11 is 1.27. The highest BCUT2D eigenvalue weighted by Gasteiger charge is 2.18. The Morgan fingerprint density at radius 2 is 1.81 bits per heavy atom. The van der Waals surface area contributed by atoms with Crippen LogP contribution >= 0.6 is 11.3 Å². The van der Waals surface area contributed by atoms with E-state index in [0.29, 0.717) is 28.9 Å². The summed E-state index contributed by atoms with van der Waals surface area (Å²) in [5, 5.41) is 4.64. The quantitative estimate of drug-likeness (QED) is 0.508. The van der Waals surface area contributed by atoms with Gasteiger partial charge < -0.3 is 5.32 Å². The number of hydrogen-bond donors (Lipinski definition) is 1. The maximum absolute atomic E-state index is 13.3. The summed E-state index contributed by atoms with van der Waals surface area (Å²) in [7, 11) is 0. The van der Waals surface area contributed by atoms with E-state index in [1.165, 1.54) is 20.5 Å². The number of amides is 1. The highest BCUT2D eigenvalue weighted by Crippen LogP contribution is 2.18. The van der Waals surface area contributed by atoms with Crippen LogP contribution in [-0.4, -0.2) is 21.6 Å². The molecule has 0 saturated heterocycles. The van der Waals surface area contributed by atoms with Crippen molar-refractivity contribution in [3.8, 4) is 5.69 Å². The van der Waals surface area contributed by atoms with Crippen LogP contribution in [0.15, 0.2) is 69.6 Å². The molecule has 2 aromatic carbocycles. The van der Waals surface area contributed by atoms with Gasteiger partial charge in [-0.2, -0.15) is 0 Å². The molecule has 0 radical (unpaired) electrons. The average molecular weight is 434 g/mol. The molecular weight excluding hydrogens is 410 g/mol. The maximum atomic E-state index is 13.3. The highest BCUT2D eigenvalue weighted by molar-refractivity contribution is 7.17. The second-order valence-electron chi connectivity index (χ2n) is 7.52. The minimum absolute atomic E-state index is 0.147. The zero-order valence-electron chi connectivity index (χ0n) is 17.4. The lowest BCUT2D eigenvalue weighted by atomic mass is 10.1. The molecule has 1 amide bonds. The molecule has 4 rings (SSSR count). The highest BCUT2D eigenvalue weighted by atomic mass is 32.1. The van der Waals surface area contributed by atoms with Gasteiger partial charge in [0.05, 0.1) is 11.2 Å². The summed E-state index contributed by atoms with van der Waals surface area (Å²) in [6, 6.07) is 17.2. The van der Waals surface area contributed by atoms with Gasteiger partial charge in [0.1, 0.15) is 11.2 Å². The summed E-state index contributed by atoms with van der Waals surface area (Å²) in [6.45, 7) is 4.15. The van der Waals surface area contributed by atoms with E-state index in [0.717, 1.165) is 16.7 Å². The Kier molecular flexibility index (Phi) is 5.86. The SMILES string of the molecule is Cc1ccc(-n2c(=O)c3sccc3n(CC(=O)NCCc3ccccc3)c2=O)c(C)c1. The van der Waals surface area contributed by atoms with Crippen LogP contribution in [0.3, 0.4) is 0 Å². The van der Waals surface area contributed by atoms with E-state index in [9.17, 15) is 14.4 Å². The van der Waals surface area contributed by atoms with Crippen molar-refractivity contribution in [2.24, 2.45) is 0 Å². The molecule has 0 aliphatic heterocycles. The smallest absolute Gasteiger partial charge is 0.336 e. The van der Waals surface area contributed by atoms with Crippen molar-refractivity contribution in [1.82, 2.24) is 14.5 Å². The van der Waals surface area contributed by atoms with E-state index in [4.69, 9.17) is 0 Å². The number of thiophene rings is 1. The number of fused-ring (bicyclic) bond motifs is 1. The summed E-state index contributed by atoms with van der Waals surface area (Å²) in [4.78, 5) is 39.0. The molecule has 2 heterocycles. The minimum Gasteiger partial charge on any atom is -0.354 e. The number of carbonyl (C=O) groups excluding carboxylic acids is 1. The van der Waals surface area contributed by atoms with Crippen LogP contribution in [0, 0.1) is 13.8 Å². The van der Waals surface area contributed by atoms with Crippen LogP contribution in [-0.2, 0) is 17.8 Å². The van der Waals surface area contributed by atoms with Crippen molar-refractivity contribution in [3.63, 3.8) is 0 Å². The van der Waals surface area contributed by atoms with E-state index in [2.05, 4.69) is 5.32 Å². The van der Waals surface area contributed by atoms with Gasteiger partial charge in [-0.1, -0.05) is 48.0 Å². The summed E-state index contributed by atoms with van der Waals surface area (Å²) < 4.78 is 3.01. The Bertz CT molecular complexity index is 1370. The van der Waals surface area contributed by atoms with Gasteiger partial charge in [0.15, 0.2) is 0 Å². The molecule has 31 heavy (non-hydrogen) atoms. The van der Waals surface area contributed by atoms with E-state index in [1.807, 2.05) is 56.3 Å². The van der Waals surface area contributed by atoms with Gasteiger partial charge in [-0.15, -0.1) is 11.3 Å². The number of hydrogen-bond acceptors (Lipinski definition) is 4. The van der Waals surface area contributed by atoms with Gasteiger partial charge in [-0.25, -0.2) is 9.36 Å². The first kappa shape index (κ1) is 20.8. The van der Waals surface area contributed by atoms with Crippen LogP contribution in [0.1, 0.15) is 16.7 Å². The lowest BCUT2D eigenvalue weighted by Gasteiger charge is -2.14. The Balaban J connectivity index is 1.66. The Morgan fingerprint density at radius 3 is 2.55 bits per heavy atom. The molecule has 0 fully saturated rings. The molecule has 158 valence electrons. The predicted molar refractivity (Wildman–Crippen MR) is 124 cm³/mol. The topological polar surface area (TPSA) is 73.1 Å². The number of nitrogens with zero attached hydrogens (tertiary/aromatic N) is 2. The third kappa shape index (κ3) is 4.22. The number of aryl methyl sites for hydroxylation is 2. The van der Waals surface area contributed by atoms with Gasteiger partial charge in [-0.3, -0.25) is 14.2 Å². The van der Waals surface area contributed by atoms with Gasteiger partial charge >= 0.3 is 5.69 Å². The van der Waals surface area contributed by atoms with E-state index in [-0.39, 0.29) is 18.0 Å². The maximum Gasteiger partial charge on any atom is 0.336 e. The molecule has 0 unspecified atom stereocenters. The van der Waals surface area contributed by atoms with Crippen LogP contribution < -0.4 is 16.6 Å². The first-order valence-electron chi connectivity index (χ1n) is 10.1. The average Bonchev–Trinajstić information content (AvgIpc) is 3.24. The molecule has 2 aromatic heterocycles. The van der Waals surface area contributed by atoms with Crippen molar-refractivity contribution < 1.29 is 4.79 Å². The summed E-state index contributed by atoms with van der Waals surface area (Å²) in [5.41, 5.74) is 3.15. The zero-order valence-corrected chi connectivity index (χ0v) is 18.2. The number of nitrogens with one attached hydrogen (secondary N) is 1. The molecule has 0 saturated carbocycles. The third-order valence-electron chi connectivity index (χ3n) is 5.23. The number of carbonyl (C=O) groups is 1. The molecular formula is C24H23N3O3S. The lowest BCUT2D eigenvalue weighted by molar-refractivity contribution is -0.121. The molecule has 1 N–H and O–H groups in total. The summed E-state index contributed by atoms with van der Waals surface area (Å²) in [6.07, 6.45) is 0.706. The number of rotatable bonds is 6. The van der Waals surface area contributed by atoms with E-state index in [1.54, 1.807) is 17.5 Å². The molecule has 7 heteroatoms.